The Balaban J connectivity index is 1.75. The molecule has 4 nitrogen and oxygen atoms in total. The maximum absolute atomic E-state index is 5.75. The second-order valence-electron chi connectivity index (χ2n) is 4.50. The first-order valence-corrected chi connectivity index (χ1v) is 6.09. The highest BCUT2D eigenvalue weighted by Crippen LogP contribution is 2.24. The Bertz CT molecular complexity index is 535. The van der Waals surface area contributed by atoms with E-state index in [2.05, 4.69) is 15.3 Å². The highest BCUT2D eigenvalue weighted by molar-refractivity contribution is 5.35. The second-order valence-corrected chi connectivity index (χ2v) is 4.50. The molecule has 0 saturated carbocycles. The summed E-state index contributed by atoms with van der Waals surface area (Å²) in [4.78, 5) is 8.70. The minimum absolute atomic E-state index is 0.456. The Morgan fingerprint density at radius 3 is 2.50 bits per heavy atom. The number of nitrogens with one attached hydrogen (secondary N) is 1. The van der Waals surface area contributed by atoms with E-state index in [-0.39, 0.29) is 0 Å². The third-order valence-electron chi connectivity index (χ3n) is 3.12. The zero-order valence-corrected chi connectivity index (χ0v) is 10.3. The number of benzene rings is 1. The van der Waals surface area contributed by atoms with Gasteiger partial charge in [0.05, 0.1) is 12.4 Å². The summed E-state index contributed by atoms with van der Waals surface area (Å²) in [6.45, 7) is 3.96. The van der Waals surface area contributed by atoms with E-state index in [4.69, 9.17) is 4.74 Å². The predicted octanol–water partition coefficient (Wildman–Crippen LogP) is 2.26. The molecule has 18 heavy (non-hydrogen) atoms. The summed E-state index contributed by atoms with van der Waals surface area (Å²) in [5.74, 6) is 2.88. The van der Waals surface area contributed by atoms with Gasteiger partial charge in [0.25, 0.3) is 0 Å². The third-order valence-corrected chi connectivity index (χ3v) is 3.12. The molecule has 1 aromatic carbocycles. The number of rotatable bonds is 3. The van der Waals surface area contributed by atoms with Crippen molar-refractivity contribution in [3.8, 4) is 11.5 Å². The average molecular weight is 241 g/mol. The van der Waals surface area contributed by atoms with E-state index in [1.54, 1.807) is 12.4 Å². The van der Waals surface area contributed by atoms with Crippen LogP contribution in [-0.2, 0) is 0 Å². The molecule has 0 unspecified atom stereocenters. The molecule has 0 spiro atoms. The molecule has 0 radical (unpaired) electrons. The van der Waals surface area contributed by atoms with Crippen molar-refractivity contribution >= 4 is 0 Å². The molecule has 0 amide bonds. The smallest absolute Gasteiger partial charge is 0.164 e. The standard InChI is InChI=1S/C14H15N3O/c1-10-4-2-3-5-13(10)18-12-8-16-14(17-9-12)11-6-15-7-11/h2-5,8-9,11,15H,6-7H2,1H3. The number of hydrogen-bond acceptors (Lipinski definition) is 4. The van der Waals surface area contributed by atoms with E-state index in [9.17, 15) is 0 Å². The van der Waals surface area contributed by atoms with Crippen molar-refractivity contribution in [2.24, 2.45) is 0 Å². The van der Waals surface area contributed by atoms with Crippen molar-refractivity contribution in [1.29, 1.82) is 0 Å². The van der Waals surface area contributed by atoms with Crippen molar-refractivity contribution in [2.75, 3.05) is 13.1 Å². The van der Waals surface area contributed by atoms with Gasteiger partial charge in [0.1, 0.15) is 11.6 Å². The molecule has 4 heteroatoms. The molecule has 0 bridgehead atoms. The predicted molar refractivity (Wildman–Crippen MR) is 68.9 cm³/mol. The first-order chi connectivity index (χ1) is 8.83. The molecular weight excluding hydrogens is 226 g/mol. The number of para-hydroxylation sites is 1. The summed E-state index contributed by atoms with van der Waals surface area (Å²) < 4.78 is 5.75. The van der Waals surface area contributed by atoms with Gasteiger partial charge in [0.15, 0.2) is 5.75 Å². The van der Waals surface area contributed by atoms with Crippen LogP contribution < -0.4 is 10.1 Å². The van der Waals surface area contributed by atoms with Crippen molar-refractivity contribution in [2.45, 2.75) is 12.8 Å². The maximum Gasteiger partial charge on any atom is 0.164 e. The lowest BCUT2D eigenvalue weighted by atomic mass is 10.0. The lowest BCUT2D eigenvalue weighted by Crippen LogP contribution is -2.40. The van der Waals surface area contributed by atoms with Gasteiger partial charge in [-0.05, 0) is 18.6 Å². The molecule has 2 heterocycles. The molecule has 3 rings (SSSR count). The summed E-state index contributed by atoms with van der Waals surface area (Å²) in [6.07, 6.45) is 3.49. The number of aryl methyl sites for hydroxylation is 1. The maximum atomic E-state index is 5.75. The van der Waals surface area contributed by atoms with E-state index >= 15 is 0 Å². The number of hydrogen-bond donors (Lipinski definition) is 1. The van der Waals surface area contributed by atoms with Crippen LogP contribution >= 0.6 is 0 Å². The van der Waals surface area contributed by atoms with Crippen molar-refractivity contribution in [1.82, 2.24) is 15.3 Å². The van der Waals surface area contributed by atoms with Crippen LogP contribution in [0.2, 0.25) is 0 Å². The van der Waals surface area contributed by atoms with Crippen LogP contribution in [0.1, 0.15) is 17.3 Å². The van der Waals surface area contributed by atoms with Crippen LogP contribution in [-0.4, -0.2) is 23.1 Å². The van der Waals surface area contributed by atoms with Gasteiger partial charge in [-0.1, -0.05) is 18.2 Å². The summed E-state index contributed by atoms with van der Waals surface area (Å²) in [7, 11) is 0. The number of nitrogens with zero attached hydrogens (tertiary/aromatic N) is 2. The van der Waals surface area contributed by atoms with E-state index in [0.29, 0.717) is 11.7 Å². The minimum atomic E-state index is 0.456. The summed E-state index contributed by atoms with van der Waals surface area (Å²) in [6, 6.07) is 7.91. The van der Waals surface area contributed by atoms with Crippen LogP contribution in [0.5, 0.6) is 11.5 Å². The SMILES string of the molecule is Cc1ccccc1Oc1cnc(C2CNC2)nc1. The minimum Gasteiger partial charge on any atom is -0.454 e. The summed E-state index contributed by atoms with van der Waals surface area (Å²) in [5.41, 5.74) is 1.10. The first-order valence-electron chi connectivity index (χ1n) is 6.09. The zero-order chi connectivity index (χ0) is 12.4. The zero-order valence-electron chi connectivity index (χ0n) is 10.3. The molecule has 1 fully saturated rings. The van der Waals surface area contributed by atoms with Gasteiger partial charge in [-0.15, -0.1) is 0 Å². The Morgan fingerprint density at radius 2 is 1.89 bits per heavy atom. The van der Waals surface area contributed by atoms with Gasteiger partial charge in [0, 0.05) is 19.0 Å². The fourth-order valence-electron chi connectivity index (χ4n) is 1.86. The van der Waals surface area contributed by atoms with Gasteiger partial charge in [-0.25, -0.2) is 9.97 Å². The number of ether oxygens (including phenoxy) is 1. The highest BCUT2D eigenvalue weighted by Gasteiger charge is 2.21. The van der Waals surface area contributed by atoms with Crippen LogP contribution in [0.3, 0.4) is 0 Å². The lowest BCUT2D eigenvalue weighted by Gasteiger charge is -2.25. The third kappa shape index (κ3) is 2.19. The Morgan fingerprint density at radius 1 is 1.17 bits per heavy atom. The Labute approximate surface area is 106 Å². The van der Waals surface area contributed by atoms with Crippen molar-refractivity contribution in [3.63, 3.8) is 0 Å². The van der Waals surface area contributed by atoms with Gasteiger partial charge < -0.3 is 10.1 Å². The molecule has 92 valence electrons. The lowest BCUT2D eigenvalue weighted by molar-refractivity contribution is 0.424. The summed E-state index contributed by atoms with van der Waals surface area (Å²) in [5, 5.41) is 3.21. The molecule has 0 atom stereocenters. The van der Waals surface area contributed by atoms with E-state index in [1.165, 1.54) is 0 Å². The van der Waals surface area contributed by atoms with Crippen LogP contribution in [0.4, 0.5) is 0 Å². The molecule has 2 aromatic rings. The number of aromatic nitrogens is 2. The molecule has 0 aliphatic carbocycles. The normalized spacial score (nSPS) is 15.2. The average Bonchev–Trinajstić information content (AvgIpc) is 2.32. The highest BCUT2D eigenvalue weighted by atomic mass is 16.5. The summed E-state index contributed by atoms with van der Waals surface area (Å²) >= 11 is 0. The molecule has 1 aromatic heterocycles. The monoisotopic (exact) mass is 241 g/mol. The molecule has 1 aliphatic rings. The van der Waals surface area contributed by atoms with Crippen LogP contribution in [0, 0.1) is 6.92 Å². The van der Waals surface area contributed by atoms with E-state index in [0.717, 1.165) is 30.2 Å². The van der Waals surface area contributed by atoms with E-state index in [1.807, 2.05) is 31.2 Å². The van der Waals surface area contributed by atoms with Gasteiger partial charge in [-0.2, -0.15) is 0 Å². The molecule has 1 N–H and O–H groups in total. The fourth-order valence-corrected chi connectivity index (χ4v) is 1.86. The quantitative estimate of drug-likeness (QED) is 0.895. The van der Waals surface area contributed by atoms with Crippen LogP contribution in [0.25, 0.3) is 0 Å². The van der Waals surface area contributed by atoms with E-state index < -0.39 is 0 Å². The first kappa shape index (κ1) is 11.2. The largest absolute Gasteiger partial charge is 0.454 e. The van der Waals surface area contributed by atoms with Gasteiger partial charge in [0.2, 0.25) is 0 Å². The molecule has 1 saturated heterocycles. The van der Waals surface area contributed by atoms with Crippen molar-refractivity contribution < 1.29 is 4.74 Å². The van der Waals surface area contributed by atoms with Gasteiger partial charge >= 0.3 is 0 Å². The Hall–Kier alpha value is -1.94. The van der Waals surface area contributed by atoms with Gasteiger partial charge in [-0.3, -0.25) is 0 Å². The Kier molecular flexibility index (Phi) is 2.94. The molecule has 1 aliphatic heterocycles. The van der Waals surface area contributed by atoms with Crippen LogP contribution in [0.15, 0.2) is 36.7 Å². The molecular formula is C14H15N3O. The topological polar surface area (TPSA) is 47.0 Å². The second kappa shape index (κ2) is 4.74. The van der Waals surface area contributed by atoms with Crippen molar-refractivity contribution in [3.05, 3.63) is 48.0 Å². The fraction of sp³-hybridized carbons (Fsp3) is 0.286.